The van der Waals surface area contributed by atoms with Crippen molar-refractivity contribution in [3.8, 4) is 0 Å². The molecule has 0 atom stereocenters. The van der Waals surface area contributed by atoms with Crippen LogP contribution in [0, 0.1) is 5.41 Å². The van der Waals surface area contributed by atoms with Crippen molar-refractivity contribution in [3.63, 3.8) is 0 Å². The van der Waals surface area contributed by atoms with E-state index < -0.39 is 0 Å². The number of benzene rings is 2. The molecule has 1 aliphatic rings. The first-order chi connectivity index (χ1) is 6.86. The van der Waals surface area contributed by atoms with Crippen LogP contribution in [0.3, 0.4) is 0 Å². The van der Waals surface area contributed by atoms with Gasteiger partial charge in [0, 0.05) is 11.3 Å². The summed E-state index contributed by atoms with van der Waals surface area (Å²) in [5.41, 5.74) is 2.45. The highest BCUT2D eigenvalue weighted by molar-refractivity contribution is 8.14. The van der Waals surface area contributed by atoms with E-state index in [-0.39, 0.29) is 0 Å². The molecule has 0 bridgehead atoms. The molecule has 0 radical (unpaired) electrons. The third-order valence-electron chi connectivity index (χ3n) is 2.61. The first-order valence-corrected chi connectivity index (χ1v) is 5.57. The summed E-state index contributed by atoms with van der Waals surface area (Å²) in [7, 11) is 0. The SMILES string of the molecule is N=C1SCc2ccc3ccccc3c21. The molecule has 1 heterocycles. The molecule has 0 fully saturated rings. The Hall–Kier alpha value is -1.28. The van der Waals surface area contributed by atoms with Crippen LogP contribution in [-0.4, -0.2) is 5.04 Å². The molecule has 14 heavy (non-hydrogen) atoms. The molecule has 0 spiro atoms. The van der Waals surface area contributed by atoms with Gasteiger partial charge in [0.25, 0.3) is 0 Å². The van der Waals surface area contributed by atoms with E-state index in [1.165, 1.54) is 16.3 Å². The summed E-state index contributed by atoms with van der Waals surface area (Å²) < 4.78 is 0. The van der Waals surface area contributed by atoms with Gasteiger partial charge in [-0.3, -0.25) is 5.41 Å². The van der Waals surface area contributed by atoms with E-state index >= 15 is 0 Å². The van der Waals surface area contributed by atoms with E-state index in [9.17, 15) is 0 Å². The smallest absolute Gasteiger partial charge is 0.0955 e. The van der Waals surface area contributed by atoms with Gasteiger partial charge in [0.2, 0.25) is 0 Å². The third kappa shape index (κ3) is 1.01. The predicted molar refractivity (Wildman–Crippen MR) is 62.1 cm³/mol. The Morgan fingerprint density at radius 3 is 2.86 bits per heavy atom. The molecule has 0 aliphatic carbocycles. The lowest BCUT2D eigenvalue weighted by Crippen LogP contribution is -1.90. The summed E-state index contributed by atoms with van der Waals surface area (Å²) in [5.74, 6) is 0.957. The van der Waals surface area contributed by atoms with Gasteiger partial charge in [-0.05, 0) is 16.3 Å². The number of thioether (sulfide) groups is 1. The summed E-state index contributed by atoms with van der Waals surface area (Å²) >= 11 is 1.62. The average Bonchev–Trinajstić information content (AvgIpc) is 2.61. The van der Waals surface area contributed by atoms with Crippen molar-refractivity contribution in [1.29, 1.82) is 5.41 Å². The summed E-state index contributed by atoms with van der Waals surface area (Å²) in [5, 5.41) is 11.1. The van der Waals surface area contributed by atoms with Gasteiger partial charge in [-0.15, -0.1) is 11.8 Å². The Morgan fingerprint density at radius 2 is 1.93 bits per heavy atom. The third-order valence-corrected chi connectivity index (χ3v) is 3.56. The van der Waals surface area contributed by atoms with Crippen molar-refractivity contribution < 1.29 is 0 Å². The first-order valence-electron chi connectivity index (χ1n) is 4.58. The molecule has 3 rings (SSSR count). The molecule has 1 N–H and O–H groups in total. The lowest BCUT2D eigenvalue weighted by Gasteiger charge is -2.03. The van der Waals surface area contributed by atoms with Gasteiger partial charge in [0.15, 0.2) is 0 Å². The standard InChI is InChI=1S/C12H9NS/c13-12-11-9(7-14-12)6-5-8-3-1-2-4-10(8)11/h1-6,13H,7H2. The Kier molecular flexibility index (Phi) is 1.64. The fraction of sp³-hybridized carbons (Fsp3) is 0.0833. The highest BCUT2D eigenvalue weighted by Crippen LogP contribution is 2.34. The maximum Gasteiger partial charge on any atom is 0.0955 e. The zero-order valence-corrected chi connectivity index (χ0v) is 8.40. The summed E-state index contributed by atoms with van der Waals surface area (Å²) in [6.07, 6.45) is 0. The van der Waals surface area contributed by atoms with E-state index in [1.54, 1.807) is 11.8 Å². The number of nitrogens with one attached hydrogen (secondary N) is 1. The highest BCUT2D eigenvalue weighted by atomic mass is 32.2. The van der Waals surface area contributed by atoms with E-state index in [2.05, 4.69) is 24.3 Å². The van der Waals surface area contributed by atoms with Crippen LogP contribution in [0.4, 0.5) is 0 Å². The minimum Gasteiger partial charge on any atom is -0.293 e. The van der Waals surface area contributed by atoms with E-state index in [0.717, 1.165) is 16.4 Å². The quantitative estimate of drug-likeness (QED) is 0.690. The second-order valence-corrected chi connectivity index (χ2v) is 4.42. The zero-order chi connectivity index (χ0) is 9.54. The molecule has 0 saturated heterocycles. The Bertz CT molecular complexity index is 531. The topological polar surface area (TPSA) is 23.9 Å². The molecular weight excluding hydrogens is 190 g/mol. The summed E-state index contributed by atoms with van der Waals surface area (Å²) in [6, 6.07) is 12.6. The van der Waals surface area contributed by atoms with Gasteiger partial charge in [-0.1, -0.05) is 36.4 Å². The van der Waals surface area contributed by atoms with Crippen LogP contribution in [0.2, 0.25) is 0 Å². The second-order valence-electron chi connectivity index (χ2n) is 3.44. The van der Waals surface area contributed by atoms with Crippen molar-refractivity contribution in [3.05, 3.63) is 47.5 Å². The van der Waals surface area contributed by atoms with Crippen LogP contribution < -0.4 is 0 Å². The van der Waals surface area contributed by atoms with Crippen molar-refractivity contribution in [2.45, 2.75) is 5.75 Å². The van der Waals surface area contributed by atoms with Gasteiger partial charge in [0.05, 0.1) is 5.04 Å². The van der Waals surface area contributed by atoms with Crippen molar-refractivity contribution in [2.75, 3.05) is 0 Å². The minimum absolute atomic E-state index is 0.719. The van der Waals surface area contributed by atoms with Crippen molar-refractivity contribution in [2.24, 2.45) is 0 Å². The number of hydrogen-bond donors (Lipinski definition) is 1. The van der Waals surface area contributed by atoms with Gasteiger partial charge >= 0.3 is 0 Å². The van der Waals surface area contributed by atoms with Crippen LogP contribution in [0.5, 0.6) is 0 Å². The van der Waals surface area contributed by atoms with Crippen LogP contribution in [-0.2, 0) is 5.75 Å². The van der Waals surface area contributed by atoms with Gasteiger partial charge in [-0.25, -0.2) is 0 Å². The maximum atomic E-state index is 7.88. The number of rotatable bonds is 0. The second kappa shape index (κ2) is 2.85. The molecule has 1 nitrogen and oxygen atoms in total. The molecule has 0 amide bonds. The average molecular weight is 199 g/mol. The molecule has 2 aromatic carbocycles. The molecule has 1 aliphatic heterocycles. The van der Waals surface area contributed by atoms with Crippen LogP contribution >= 0.6 is 11.8 Å². The normalized spacial score (nSPS) is 14.7. The van der Waals surface area contributed by atoms with Gasteiger partial charge in [0.1, 0.15) is 0 Å². The zero-order valence-electron chi connectivity index (χ0n) is 7.58. The van der Waals surface area contributed by atoms with E-state index in [0.29, 0.717) is 0 Å². The summed E-state index contributed by atoms with van der Waals surface area (Å²) in [6.45, 7) is 0. The predicted octanol–water partition coefficient (Wildman–Crippen LogP) is 3.41. The fourth-order valence-corrected chi connectivity index (χ4v) is 2.85. The van der Waals surface area contributed by atoms with Crippen LogP contribution in [0.15, 0.2) is 36.4 Å². The van der Waals surface area contributed by atoms with Crippen LogP contribution in [0.25, 0.3) is 10.8 Å². The lowest BCUT2D eigenvalue weighted by molar-refractivity contribution is 1.44. The van der Waals surface area contributed by atoms with Crippen molar-refractivity contribution in [1.82, 2.24) is 0 Å². The van der Waals surface area contributed by atoms with E-state index in [4.69, 9.17) is 5.41 Å². The fourth-order valence-electron chi connectivity index (χ4n) is 1.93. The molecule has 0 saturated carbocycles. The molecule has 0 unspecified atom stereocenters. The monoisotopic (exact) mass is 199 g/mol. The first kappa shape index (κ1) is 8.06. The molecule has 0 aromatic heterocycles. The molecule has 68 valence electrons. The Labute approximate surface area is 86.6 Å². The van der Waals surface area contributed by atoms with Crippen LogP contribution in [0.1, 0.15) is 11.1 Å². The number of fused-ring (bicyclic) bond motifs is 3. The Balaban J connectivity index is 2.47. The lowest BCUT2D eigenvalue weighted by atomic mass is 10.0. The highest BCUT2D eigenvalue weighted by Gasteiger charge is 2.18. The minimum atomic E-state index is 0.719. The van der Waals surface area contributed by atoms with E-state index in [1.807, 2.05) is 12.1 Å². The molecule has 2 aromatic rings. The molecule has 2 heteroatoms. The van der Waals surface area contributed by atoms with Gasteiger partial charge in [-0.2, -0.15) is 0 Å². The largest absolute Gasteiger partial charge is 0.293 e. The molecular formula is C12H9NS. The van der Waals surface area contributed by atoms with Crippen molar-refractivity contribution >= 4 is 27.6 Å². The maximum absolute atomic E-state index is 7.88. The summed E-state index contributed by atoms with van der Waals surface area (Å²) in [4.78, 5) is 0. The van der Waals surface area contributed by atoms with Gasteiger partial charge < -0.3 is 0 Å². The number of hydrogen-bond acceptors (Lipinski definition) is 2. The Morgan fingerprint density at radius 1 is 1.07 bits per heavy atom.